The first-order chi connectivity index (χ1) is 8.15. The Labute approximate surface area is 113 Å². The largest absolute Gasteiger partial charge is 0.388 e. The van der Waals surface area contributed by atoms with Gasteiger partial charge in [0.25, 0.3) is 0 Å². The van der Waals surface area contributed by atoms with E-state index in [1.54, 1.807) is 0 Å². The lowest BCUT2D eigenvalue weighted by Gasteiger charge is -2.53. The number of allylic oxidation sites excluding steroid dienone is 1. The molecule has 0 unspecified atom stereocenters. The number of hydrogen-bond acceptors (Lipinski definition) is 2. The maximum absolute atomic E-state index is 4.31. The highest BCUT2D eigenvalue weighted by Crippen LogP contribution is 2.49. The molecule has 0 radical (unpaired) electrons. The van der Waals surface area contributed by atoms with E-state index in [1.807, 2.05) is 0 Å². The van der Waals surface area contributed by atoms with Gasteiger partial charge in [0.1, 0.15) is 0 Å². The summed E-state index contributed by atoms with van der Waals surface area (Å²) >= 11 is 0. The molecule has 2 nitrogen and oxygen atoms in total. The van der Waals surface area contributed by atoms with Crippen LogP contribution in [0.2, 0.25) is 0 Å². The molecule has 104 valence electrons. The van der Waals surface area contributed by atoms with Gasteiger partial charge in [-0.1, -0.05) is 20.4 Å². The molecule has 1 spiro atoms. The van der Waals surface area contributed by atoms with E-state index in [9.17, 15) is 0 Å². The number of hydrogen-bond donors (Lipinski definition) is 1. The van der Waals surface area contributed by atoms with Crippen molar-refractivity contribution >= 4 is 0 Å². The Morgan fingerprint density at radius 1 is 1.17 bits per heavy atom. The average Bonchev–Trinajstić information content (AvgIpc) is 2.23. The van der Waals surface area contributed by atoms with Gasteiger partial charge < -0.3 is 5.32 Å². The van der Waals surface area contributed by atoms with Gasteiger partial charge in [0.15, 0.2) is 0 Å². The molecule has 2 fully saturated rings. The summed E-state index contributed by atoms with van der Waals surface area (Å²) in [6.45, 7) is 19.5. The first-order valence-electron chi connectivity index (χ1n) is 7.33. The summed E-state index contributed by atoms with van der Waals surface area (Å²) in [5, 5.41) is 3.57. The van der Waals surface area contributed by atoms with Crippen molar-refractivity contribution < 1.29 is 0 Å². The van der Waals surface area contributed by atoms with E-state index >= 15 is 0 Å². The highest BCUT2D eigenvalue weighted by atomic mass is 15.2. The second-order valence-corrected chi connectivity index (χ2v) is 8.11. The van der Waals surface area contributed by atoms with Gasteiger partial charge in [-0.3, -0.25) is 4.90 Å². The van der Waals surface area contributed by atoms with Crippen molar-refractivity contribution in [1.82, 2.24) is 10.2 Å². The molecule has 0 bridgehead atoms. The predicted molar refractivity (Wildman–Crippen MR) is 78.5 cm³/mol. The lowest BCUT2D eigenvalue weighted by Crippen LogP contribution is -2.54. The van der Waals surface area contributed by atoms with Gasteiger partial charge in [0.05, 0.1) is 0 Å². The minimum Gasteiger partial charge on any atom is -0.388 e. The molecule has 0 saturated carbocycles. The molecule has 2 aliphatic heterocycles. The van der Waals surface area contributed by atoms with Crippen LogP contribution < -0.4 is 5.32 Å². The molecule has 18 heavy (non-hydrogen) atoms. The SMILES string of the molecule is C=C1NCC(C)(C)CC12CCN(C(C)(C)C)CC2. The zero-order chi connectivity index (χ0) is 13.6. The van der Waals surface area contributed by atoms with Crippen molar-refractivity contribution in [3.63, 3.8) is 0 Å². The minimum atomic E-state index is 0.306. The smallest absolute Gasteiger partial charge is 0.0195 e. The van der Waals surface area contributed by atoms with Gasteiger partial charge in [0, 0.05) is 23.2 Å². The topological polar surface area (TPSA) is 15.3 Å². The van der Waals surface area contributed by atoms with Gasteiger partial charge in [0.2, 0.25) is 0 Å². The number of rotatable bonds is 0. The molecular formula is C16H30N2. The maximum Gasteiger partial charge on any atom is 0.0195 e. The molecule has 0 aromatic heterocycles. The van der Waals surface area contributed by atoms with E-state index in [2.05, 4.69) is 51.4 Å². The summed E-state index contributed by atoms with van der Waals surface area (Å²) < 4.78 is 0. The van der Waals surface area contributed by atoms with E-state index in [4.69, 9.17) is 0 Å². The highest BCUT2D eigenvalue weighted by Gasteiger charge is 2.45. The summed E-state index contributed by atoms with van der Waals surface area (Å²) in [4.78, 5) is 2.62. The fourth-order valence-corrected chi connectivity index (χ4v) is 3.70. The van der Waals surface area contributed by atoms with Crippen molar-refractivity contribution in [2.24, 2.45) is 10.8 Å². The average molecular weight is 250 g/mol. The number of likely N-dealkylation sites (tertiary alicyclic amines) is 1. The second kappa shape index (κ2) is 4.26. The Morgan fingerprint density at radius 3 is 2.22 bits per heavy atom. The Morgan fingerprint density at radius 2 is 1.72 bits per heavy atom. The predicted octanol–water partition coefficient (Wildman–Crippen LogP) is 3.40. The molecule has 0 aromatic rings. The normalized spacial score (nSPS) is 28.2. The van der Waals surface area contributed by atoms with Crippen LogP contribution in [0.3, 0.4) is 0 Å². The van der Waals surface area contributed by atoms with Gasteiger partial charge >= 0.3 is 0 Å². The van der Waals surface area contributed by atoms with Crippen molar-refractivity contribution in [3.05, 3.63) is 12.3 Å². The fourth-order valence-electron chi connectivity index (χ4n) is 3.70. The third-order valence-electron chi connectivity index (χ3n) is 4.91. The quantitative estimate of drug-likeness (QED) is 0.709. The zero-order valence-corrected chi connectivity index (χ0v) is 12.9. The molecule has 0 amide bonds. The third-order valence-corrected chi connectivity index (χ3v) is 4.91. The van der Waals surface area contributed by atoms with Crippen LogP contribution in [0.1, 0.15) is 53.9 Å². The summed E-state index contributed by atoms with van der Waals surface area (Å²) in [6, 6.07) is 0. The first kappa shape index (κ1) is 13.9. The third kappa shape index (κ3) is 2.59. The Kier molecular flexibility index (Phi) is 3.30. The molecule has 2 aliphatic rings. The van der Waals surface area contributed by atoms with Crippen LogP contribution in [0, 0.1) is 10.8 Å². The van der Waals surface area contributed by atoms with Crippen LogP contribution in [0.4, 0.5) is 0 Å². The molecule has 2 heterocycles. The molecule has 2 heteroatoms. The van der Waals surface area contributed by atoms with Crippen LogP contribution in [-0.4, -0.2) is 30.1 Å². The van der Waals surface area contributed by atoms with Gasteiger partial charge in [-0.2, -0.15) is 0 Å². The zero-order valence-electron chi connectivity index (χ0n) is 12.9. The Balaban J connectivity index is 2.08. The van der Waals surface area contributed by atoms with Crippen molar-refractivity contribution in [3.8, 4) is 0 Å². The van der Waals surface area contributed by atoms with Crippen molar-refractivity contribution in [1.29, 1.82) is 0 Å². The molecule has 0 aliphatic carbocycles. The number of nitrogens with one attached hydrogen (secondary N) is 1. The minimum absolute atomic E-state index is 0.306. The van der Waals surface area contributed by atoms with Gasteiger partial charge in [-0.05, 0) is 58.5 Å². The van der Waals surface area contributed by atoms with Crippen LogP contribution in [0.15, 0.2) is 12.3 Å². The Hall–Kier alpha value is -0.500. The summed E-state index contributed by atoms with van der Waals surface area (Å²) in [7, 11) is 0. The standard InChI is InChI=1S/C16H30N2/c1-13-16(11-15(5,6)12-17-13)7-9-18(10-8-16)14(2,3)4/h17H,1,7-12H2,2-6H3. The molecule has 0 aromatic carbocycles. The summed E-state index contributed by atoms with van der Waals surface area (Å²) in [5.74, 6) is 0. The van der Waals surface area contributed by atoms with Gasteiger partial charge in [-0.25, -0.2) is 0 Å². The van der Waals surface area contributed by atoms with Crippen LogP contribution >= 0.6 is 0 Å². The molecule has 2 saturated heterocycles. The van der Waals surface area contributed by atoms with Crippen molar-refractivity contribution in [2.45, 2.75) is 59.4 Å². The molecular weight excluding hydrogens is 220 g/mol. The Bertz CT molecular complexity index is 327. The monoisotopic (exact) mass is 250 g/mol. The van der Waals surface area contributed by atoms with E-state index in [0.29, 0.717) is 16.4 Å². The second-order valence-electron chi connectivity index (χ2n) is 8.11. The van der Waals surface area contributed by atoms with Crippen molar-refractivity contribution in [2.75, 3.05) is 19.6 Å². The van der Waals surface area contributed by atoms with E-state index in [1.165, 1.54) is 38.0 Å². The lowest BCUT2D eigenvalue weighted by molar-refractivity contribution is 0.0216. The first-order valence-corrected chi connectivity index (χ1v) is 7.33. The summed E-state index contributed by atoms with van der Waals surface area (Å²) in [6.07, 6.45) is 3.82. The van der Waals surface area contributed by atoms with Crippen LogP contribution in [0.25, 0.3) is 0 Å². The van der Waals surface area contributed by atoms with Crippen LogP contribution in [0.5, 0.6) is 0 Å². The number of nitrogens with zero attached hydrogens (tertiary/aromatic N) is 1. The fraction of sp³-hybridized carbons (Fsp3) is 0.875. The highest BCUT2D eigenvalue weighted by molar-refractivity contribution is 5.16. The lowest BCUT2D eigenvalue weighted by atomic mass is 9.63. The van der Waals surface area contributed by atoms with E-state index < -0.39 is 0 Å². The van der Waals surface area contributed by atoms with E-state index in [-0.39, 0.29) is 0 Å². The molecule has 2 rings (SSSR count). The molecule has 0 atom stereocenters. The van der Waals surface area contributed by atoms with E-state index in [0.717, 1.165) is 6.54 Å². The van der Waals surface area contributed by atoms with Gasteiger partial charge in [-0.15, -0.1) is 0 Å². The van der Waals surface area contributed by atoms with Crippen LogP contribution in [-0.2, 0) is 0 Å². The summed E-state index contributed by atoms with van der Waals surface area (Å²) in [5.41, 5.74) is 2.37. The maximum atomic E-state index is 4.31. The molecule has 1 N–H and O–H groups in total. The number of piperidine rings is 2.